The molecule has 0 fully saturated rings. The quantitative estimate of drug-likeness (QED) is 0.288. The summed E-state index contributed by atoms with van der Waals surface area (Å²) >= 11 is 0. The van der Waals surface area contributed by atoms with Crippen LogP contribution in [0.3, 0.4) is 0 Å². The summed E-state index contributed by atoms with van der Waals surface area (Å²) in [5.41, 5.74) is 3.95. The van der Waals surface area contributed by atoms with Crippen molar-refractivity contribution in [3.05, 3.63) is 83.6 Å². The Hall–Kier alpha value is -4.54. The highest BCUT2D eigenvalue weighted by Gasteiger charge is 2.33. The fourth-order valence-corrected chi connectivity index (χ4v) is 6.19. The molecular formula is C35H40N4O6. The molecule has 4 aromatic rings. The Labute approximate surface area is 263 Å². The Morgan fingerprint density at radius 2 is 1.87 bits per heavy atom. The van der Waals surface area contributed by atoms with Crippen LogP contribution < -0.4 is 19.5 Å². The standard InChI is InChI=1S/C35H40N4O6/c1-22-16-39(23(2)20-40)35(42)28-15-26(36-34(41)14-25-18-38(4)29-8-6-5-7-27(25)29)10-12-30(28)45-33(22)19-37(3)17-24-9-11-31-32(13-24)44-21-43-31/h5-13,15,18,22-23,33,40H,14,16-17,19-21H2,1-4H3,(H,36,41)/t22-,23+,33-/m1/s1. The van der Waals surface area contributed by atoms with Crippen molar-refractivity contribution in [1.82, 2.24) is 14.4 Å². The maximum Gasteiger partial charge on any atom is 0.258 e. The Morgan fingerprint density at radius 1 is 1.09 bits per heavy atom. The second-order valence-electron chi connectivity index (χ2n) is 12.2. The van der Waals surface area contributed by atoms with Gasteiger partial charge in [0.15, 0.2) is 11.5 Å². The summed E-state index contributed by atoms with van der Waals surface area (Å²) in [6.07, 6.45) is 1.93. The summed E-state index contributed by atoms with van der Waals surface area (Å²) in [6, 6.07) is 18.8. The lowest BCUT2D eigenvalue weighted by Gasteiger charge is -2.38. The number of rotatable bonds is 9. The number of aromatic nitrogens is 1. The Kier molecular flexibility index (Phi) is 8.69. The van der Waals surface area contributed by atoms with E-state index in [4.69, 9.17) is 14.2 Å². The molecule has 0 aliphatic carbocycles. The minimum Gasteiger partial charge on any atom is -0.488 e. The summed E-state index contributed by atoms with van der Waals surface area (Å²) in [4.78, 5) is 30.9. The van der Waals surface area contributed by atoms with Crippen molar-refractivity contribution in [1.29, 1.82) is 0 Å². The van der Waals surface area contributed by atoms with Gasteiger partial charge in [-0.1, -0.05) is 31.2 Å². The van der Waals surface area contributed by atoms with Gasteiger partial charge in [0.1, 0.15) is 11.9 Å². The van der Waals surface area contributed by atoms with Crippen molar-refractivity contribution in [2.24, 2.45) is 13.0 Å². The van der Waals surface area contributed by atoms with Crippen LogP contribution in [0.15, 0.2) is 66.9 Å². The first-order valence-corrected chi connectivity index (χ1v) is 15.3. The smallest absolute Gasteiger partial charge is 0.258 e. The molecule has 0 unspecified atom stereocenters. The fourth-order valence-electron chi connectivity index (χ4n) is 6.19. The third-order valence-electron chi connectivity index (χ3n) is 8.66. The zero-order valence-electron chi connectivity index (χ0n) is 26.2. The molecule has 10 nitrogen and oxygen atoms in total. The van der Waals surface area contributed by atoms with Crippen molar-refractivity contribution in [3.8, 4) is 17.2 Å². The van der Waals surface area contributed by atoms with Gasteiger partial charge >= 0.3 is 0 Å². The summed E-state index contributed by atoms with van der Waals surface area (Å²) in [5.74, 6) is 1.52. The number of benzene rings is 3. The summed E-state index contributed by atoms with van der Waals surface area (Å²) in [7, 11) is 4.00. The van der Waals surface area contributed by atoms with Crippen molar-refractivity contribution >= 4 is 28.4 Å². The summed E-state index contributed by atoms with van der Waals surface area (Å²) in [5, 5.41) is 14.0. The number of aryl methyl sites for hydroxylation is 1. The van der Waals surface area contributed by atoms with Gasteiger partial charge in [-0.15, -0.1) is 0 Å². The van der Waals surface area contributed by atoms with Crippen LogP contribution in [0.5, 0.6) is 17.2 Å². The van der Waals surface area contributed by atoms with E-state index in [-0.39, 0.29) is 49.7 Å². The zero-order chi connectivity index (χ0) is 31.7. The number of nitrogens with zero attached hydrogens (tertiary/aromatic N) is 3. The molecule has 10 heteroatoms. The van der Waals surface area contributed by atoms with E-state index >= 15 is 0 Å². The minimum absolute atomic E-state index is 0.0182. The lowest BCUT2D eigenvalue weighted by molar-refractivity contribution is -0.115. The maximum atomic E-state index is 13.9. The molecule has 3 atom stereocenters. The molecule has 3 aromatic carbocycles. The van der Waals surface area contributed by atoms with E-state index in [0.717, 1.165) is 33.5 Å². The van der Waals surface area contributed by atoms with Gasteiger partial charge in [0.05, 0.1) is 24.6 Å². The molecule has 45 heavy (non-hydrogen) atoms. The molecule has 0 saturated heterocycles. The number of fused-ring (bicyclic) bond motifs is 3. The third-order valence-corrected chi connectivity index (χ3v) is 8.66. The second kappa shape index (κ2) is 12.8. The normalized spacial score (nSPS) is 18.4. The number of carbonyl (C=O) groups is 2. The molecule has 2 amide bonds. The van der Waals surface area contributed by atoms with Crippen LogP contribution >= 0.6 is 0 Å². The first-order valence-electron chi connectivity index (χ1n) is 15.3. The Bertz CT molecular complexity index is 1720. The lowest BCUT2D eigenvalue weighted by Crippen LogP contribution is -2.49. The van der Waals surface area contributed by atoms with Crippen molar-refractivity contribution < 1.29 is 28.9 Å². The molecule has 0 bridgehead atoms. The number of aliphatic hydroxyl groups is 1. The highest BCUT2D eigenvalue weighted by Crippen LogP contribution is 2.34. The zero-order valence-corrected chi connectivity index (χ0v) is 26.2. The average Bonchev–Trinajstić information content (AvgIpc) is 3.62. The van der Waals surface area contributed by atoms with Gasteiger partial charge in [-0.2, -0.15) is 0 Å². The number of hydrogen-bond acceptors (Lipinski definition) is 7. The number of nitrogens with one attached hydrogen (secondary N) is 1. The molecule has 0 saturated carbocycles. The average molecular weight is 613 g/mol. The molecule has 0 spiro atoms. The molecule has 1 aromatic heterocycles. The van der Waals surface area contributed by atoms with E-state index in [1.807, 2.05) is 74.2 Å². The maximum absolute atomic E-state index is 13.9. The number of amides is 2. The SMILES string of the molecule is C[C@@H]1CN([C@@H](C)CO)C(=O)c2cc(NC(=O)Cc3cn(C)c4ccccc34)ccc2O[C@@H]1CN(C)Cc1ccc2c(c1)OCO2. The van der Waals surface area contributed by atoms with Crippen LogP contribution in [0.2, 0.25) is 0 Å². The van der Waals surface area contributed by atoms with Crippen LogP contribution in [0.25, 0.3) is 10.9 Å². The number of likely N-dealkylation sites (N-methyl/N-ethyl adjacent to an activating group) is 1. The molecule has 236 valence electrons. The summed E-state index contributed by atoms with van der Waals surface area (Å²) < 4.78 is 19.6. The second-order valence-corrected chi connectivity index (χ2v) is 12.2. The summed E-state index contributed by atoms with van der Waals surface area (Å²) in [6.45, 7) is 5.67. The van der Waals surface area contributed by atoms with E-state index in [1.54, 1.807) is 23.1 Å². The molecule has 0 radical (unpaired) electrons. The largest absolute Gasteiger partial charge is 0.488 e. The number of para-hydroxylation sites is 1. The topological polar surface area (TPSA) is 106 Å². The predicted octanol–water partition coefficient (Wildman–Crippen LogP) is 4.44. The predicted molar refractivity (Wildman–Crippen MR) is 172 cm³/mol. The van der Waals surface area contributed by atoms with Crippen LogP contribution in [0, 0.1) is 5.92 Å². The number of aliphatic hydroxyl groups excluding tert-OH is 1. The van der Waals surface area contributed by atoms with Gasteiger partial charge in [0.25, 0.3) is 5.91 Å². The van der Waals surface area contributed by atoms with Crippen LogP contribution in [0.4, 0.5) is 5.69 Å². The van der Waals surface area contributed by atoms with Gasteiger partial charge in [0, 0.05) is 55.4 Å². The van der Waals surface area contributed by atoms with Gasteiger partial charge in [-0.25, -0.2) is 0 Å². The van der Waals surface area contributed by atoms with E-state index in [9.17, 15) is 14.7 Å². The Balaban J connectivity index is 1.21. The molecular weight excluding hydrogens is 572 g/mol. The first-order chi connectivity index (χ1) is 21.7. The van der Waals surface area contributed by atoms with E-state index in [2.05, 4.69) is 17.1 Å². The molecule has 2 N–H and O–H groups in total. The first kappa shape index (κ1) is 30.5. The highest BCUT2D eigenvalue weighted by molar-refractivity contribution is 6.00. The molecule has 2 aliphatic rings. The number of anilines is 1. The minimum atomic E-state index is -0.387. The third kappa shape index (κ3) is 6.48. The molecule has 3 heterocycles. The highest BCUT2D eigenvalue weighted by atomic mass is 16.7. The van der Waals surface area contributed by atoms with E-state index < -0.39 is 0 Å². The van der Waals surface area contributed by atoms with E-state index in [1.165, 1.54) is 0 Å². The van der Waals surface area contributed by atoms with E-state index in [0.29, 0.717) is 36.6 Å². The van der Waals surface area contributed by atoms with Crippen LogP contribution in [-0.2, 0) is 24.8 Å². The number of ether oxygens (including phenoxy) is 3. The van der Waals surface area contributed by atoms with Crippen molar-refractivity contribution in [2.75, 3.05) is 38.9 Å². The van der Waals surface area contributed by atoms with Crippen molar-refractivity contribution in [2.45, 2.75) is 39.0 Å². The van der Waals surface area contributed by atoms with Gasteiger partial charge in [-0.3, -0.25) is 14.5 Å². The lowest BCUT2D eigenvalue weighted by atomic mass is 9.99. The number of carbonyl (C=O) groups excluding carboxylic acids is 2. The van der Waals surface area contributed by atoms with Gasteiger partial charge in [0.2, 0.25) is 12.7 Å². The van der Waals surface area contributed by atoms with Crippen LogP contribution in [-0.4, -0.2) is 77.0 Å². The van der Waals surface area contributed by atoms with Crippen LogP contribution in [0.1, 0.15) is 35.3 Å². The van der Waals surface area contributed by atoms with Crippen molar-refractivity contribution in [3.63, 3.8) is 0 Å². The van der Waals surface area contributed by atoms with Gasteiger partial charge < -0.3 is 34.1 Å². The van der Waals surface area contributed by atoms with Gasteiger partial charge in [-0.05, 0) is 61.5 Å². The Morgan fingerprint density at radius 3 is 2.69 bits per heavy atom. The fraction of sp³-hybridized carbons (Fsp3) is 0.371. The monoisotopic (exact) mass is 612 g/mol. The molecule has 6 rings (SSSR count). The number of hydrogen-bond donors (Lipinski definition) is 2. The molecule has 2 aliphatic heterocycles.